The van der Waals surface area contributed by atoms with Crippen molar-refractivity contribution in [1.29, 1.82) is 0 Å². The lowest BCUT2D eigenvalue weighted by Gasteiger charge is -2.26. The van der Waals surface area contributed by atoms with E-state index in [1.807, 2.05) is 43.3 Å². The molecule has 0 N–H and O–H groups in total. The lowest BCUT2D eigenvalue weighted by atomic mass is 9.86. The van der Waals surface area contributed by atoms with Crippen molar-refractivity contribution in [3.8, 4) is 11.5 Å². The van der Waals surface area contributed by atoms with E-state index in [1.165, 1.54) is 18.1 Å². The van der Waals surface area contributed by atoms with Crippen LogP contribution in [0.25, 0.3) is 0 Å². The summed E-state index contributed by atoms with van der Waals surface area (Å²) in [5, 5.41) is 0. The molecule has 148 valence electrons. The highest BCUT2D eigenvalue weighted by Crippen LogP contribution is 2.32. The number of hydrogen-bond acceptors (Lipinski definition) is 4. The molecule has 0 saturated carbocycles. The third-order valence-corrected chi connectivity index (χ3v) is 5.50. The molecule has 0 radical (unpaired) electrons. The van der Waals surface area contributed by atoms with Gasteiger partial charge in [0.05, 0.1) is 13.7 Å². The summed E-state index contributed by atoms with van der Waals surface area (Å²) in [7, 11) is 1.62. The summed E-state index contributed by atoms with van der Waals surface area (Å²) < 4.78 is 12.3. The topological polar surface area (TPSA) is 57.5 Å². The maximum atomic E-state index is 13.3. The lowest BCUT2D eigenvalue weighted by molar-refractivity contribution is -0.132. The van der Waals surface area contributed by atoms with E-state index in [-0.39, 0.29) is 11.3 Å². The number of methoxy groups -OCH3 is 1. The smallest absolute Gasteiger partial charge is 0.308 e. The molecule has 5 heteroatoms. The average Bonchev–Trinajstić information content (AvgIpc) is 2.73. The van der Waals surface area contributed by atoms with Gasteiger partial charge in [-0.25, -0.2) is 0 Å². The van der Waals surface area contributed by atoms with Crippen LogP contribution < -0.4 is 15.0 Å². The number of aromatic nitrogens is 1. The molecule has 0 unspecified atom stereocenters. The van der Waals surface area contributed by atoms with Gasteiger partial charge in [0.2, 0.25) is 0 Å². The van der Waals surface area contributed by atoms with Crippen LogP contribution in [0.5, 0.6) is 11.5 Å². The second-order valence-electron chi connectivity index (χ2n) is 7.33. The number of rotatable bonds is 4. The minimum Gasteiger partial charge on any atom is -0.497 e. The molecule has 0 bridgehead atoms. The van der Waals surface area contributed by atoms with Crippen LogP contribution in [0.3, 0.4) is 0 Å². The lowest BCUT2D eigenvalue weighted by Crippen LogP contribution is -2.31. The number of pyridine rings is 1. The molecule has 0 saturated heterocycles. The Labute approximate surface area is 169 Å². The predicted octanol–water partition coefficient (Wildman–Crippen LogP) is 3.63. The molecule has 1 aromatic heterocycles. The maximum absolute atomic E-state index is 13.3. The van der Waals surface area contributed by atoms with E-state index in [9.17, 15) is 9.59 Å². The Morgan fingerprint density at radius 1 is 1.03 bits per heavy atom. The fourth-order valence-corrected chi connectivity index (χ4v) is 3.98. The molecule has 1 heterocycles. The van der Waals surface area contributed by atoms with Crippen LogP contribution in [0.4, 0.5) is 0 Å². The molecule has 0 amide bonds. The number of hydrogen-bond donors (Lipinski definition) is 0. The summed E-state index contributed by atoms with van der Waals surface area (Å²) in [5.74, 6) is 0.406. The largest absolute Gasteiger partial charge is 0.497 e. The van der Waals surface area contributed by atoms with Gasteiger partial charge in [0.15, 0.2) is 5.75 Å². The molecule has 1 aliphatic carbocycles. The van der Waals surface area contributed by atoms with Crippen LogP contribution in [-0.2, 0) is 24.2 Å². The average molecular weight is 389 g/mol. The van der Waals surface area contributed by atoms with Gasteiger partial charge in [0, 0.05) is 24.6 Å². The quantitative estimate of drug-likeness (QED) is 0.500. The molecule has 0 atom stereocenters. The van der Waals surface area contributed by atoms with Crippen molar-refractivity contribution in [2.24, 2.45) is 0 Å². The van der Waals surface area contributed by atoms with E-state index >= 15 is 0 Å². The first-order valence-corrected chi connectivity index (χ1v) is 9.61. The van der Waals surface area contributed by atoms with Gasteiger partial charge in [0.1, 0.15) is 5.75 Å². The molecule has 0 spiro atoms. The summed E-state index contributed by atoms with van der Waals surface area (Å²) in [4.78, 5) is 24.9. The van der Waals surface area contributed by atoms with E-state index in [4.69, 9.17) is 9.47 Å². The Morgan fingerprint density at radius 3 is 2.31 bits per heavy atom. The Bertz CT molecular complexity index is 1140. The first kappa shape index (κ1) is 19.0. The minimum absolute atomic E-state index is 0.129. The van der Waals surface area contributed by atoms with Gasteiger partial charge in [-0.15, -0.1) is 0 Å². The third kappa shape index (κ3) is 3.56. The van der Waals surface area contributed by atoms with Crippen molar-refractivity contribution in [2.45, 2.75) is 33.2 Å². The number of carbonyl (C=O) groups excluding carboxylic acids is 1. The van der Waals surface area contributed by atoms with Gasteiger partial charge >= 0.3 is 5.97 Å². The number of ether oxygens (including phenoxy) is 2. The number of esters is 1. The molecule has 2 aromatic carbocycles. The van der Waals surface area contributed by atoms with Crippen molar-refractivity contribution < 1.29 is 14.3 Å². The molecule has 29 heavy (non-hydrogen) atoms. The Balaban J connectivity index is 1.86. The Hall–Kier alpha value is -3.34. The molecular weight excluding hydrogens is 366 g/mol. The first-order chi connectivity index (χ1) is 14.0. The zero-order valence-corrected chi connectivity index (χ0v) is 16.8. The molecule has 4 rings (SSSR count). The number of fused-ring (bicyclic) bond motifs is 2. The highest BCUT2D eigenvalue weighted by Gasteiger charge is 2.25. The van der Waals surface area contributed by atoms with Gasteiger partial charge in [-0.2, -0.15) is 0 Å². The molecule has 0 aliphatic heterocycles. The molecular formula is C24H23NO4. The standard InChI is InChI=1S/C24H23NO4/c1-15-21-12-18-6-4-5-7-19(18)13-22(21)25(24(27)23(15)29-16(2)26)14-17-8-10-20(28-3)11-9-17/h4-11H,12-14H2,1-3H3. The van der Waals surface area contributed by atoms with E-state index in [1.54, 1.807) is 11.7 Å². The first-order valence-electron chi connectivity index (χ1n) is 9.61. The Morgan fingerprint density at radius 2 is 1.69 bits per heavy atom. The van der Waals surface area contributed by atoms with Crippen LogP contribution in [0.15, 0.2) is 53.3 Å². The highest BCUT2D eigenvalue weighted by molar-refractivity contribution is 5.70. The fraction of sp³-hybridized carbons (Fsp3) is 0.250. The monoisotopic (exact) mass is 389 g/mol. The summed E-state index contributed by atoms with van der Waals surface area (Å²) in [6.07, 6.45) is 1.40. The van der Waals surface area contributed by atoms with E-state index in [0.29, 0.717) is 19.4 Å². The molecule has 3 aromatic rings. The van der Waals surface area contributed by atoms with Crippen molar-refractivity contribution in [1.82, 2.24) is 4.57 Å². The fourth-order valence-electron chi connectivity index (χ4n) is 3.98. The zero-order valence-electron chi connectivity index (χ0n) is 16.8. The van der Waals surface area contributed by atoms with E-state index in [2.05, 4.69) is 12.1 Å². The van der Waals surface area contributed by atoms with Gasteiger partial charge < -0.3 is 14.0 Å². The summed E-state index contributed by atoms with van der Waals surface area (Å²) in [6.45, 7) is 3.59. The van der Waals surface area contributed by atoms with Gasteiger partial charge in [-0.05, 0) is 47.7 Å². The minimum atomic E-state index is -0.489. The maximum Gasteiger partial charge on any atom is 0.308 e. The molecule has 5 nitrogen and oxygen atoms in total. The van der Waals surface area contributed by atoms with Crippen LogP contribution in [0, 0.1) is 6.92 Å². The number of nitrogens with zero attached hydrogens (tertiary/aromatic N) is 1. The third-order valence-electron chi connectivity index (χ3n) is 5.50. The van der Waals surface area contributed by atoms with Crippen molar-refractivity contribution in [3.05, 3.63) is 92.4 Å². The van der Waals surface area contributed by atoms with Crippen molar-refractivity contribution >= 4 is 5.97 Å². The van der Waals surface area contributed by atoms with Gasteiger partial charge in [-0.1, -0.05) is 36.4 Å². The van der Waals surface area contributed by atoms with Gasteiger partial charge in [0.25, 0.3) is 5.56 Å². The van der Waals surface area contributed by atoms with E-state index in [0.717, 1.165) is 28.1 Å². The van der Waals surface area contributed by atoms with Crippen LogP contribution in [0.1, 0.15) is 40.4 Å². The summed E-state index contributed by atoms with van der Waals surface area (Å²) in [5.41, 5.74) is 5.97. The summed E-state index contributed by atoms with van der Waals surface area (Å²) >= 11 is 0. The summed E-state index contributed by atoms with van der Waals surface area (Å²) in [6, 6.07) is 15.9. The highest BCUT2D eigenvalue weighted by atomic mass is 16.5. The number of benzene rings is 2. The molecule has 0 fully saturated rings. The predicted molar refractivity (Wildman–Crippen MR) is 111 cm³/mol. The zero-order chi connectivity index (χ0) is 20.5. The normalized spacial score (nSPS) is 12.1. The second-order valence-corrected chi connectivity index (χ2v) is 7.33. The SMILES string of the molecule is COc1ccc(Cn2c3c(c(C)c(OC(C)=O)c2=O)Cc2ccccc2C3)cc1. The van der Waals surface area contributed by atoms with E-state index < -0.39 is 5.97 Å². The van der Waals surface area contributed by atoms with Crippen molar-refractivity contribution in [3.63, 3.8) is 0 Å². The van der Waals surface area contributed by atoms with Crippen molar-refractivity contribution in [2.75, 3.05) is 7.11 Å². The van der Waals surface area contributed by atoms with Gasteiger partial charge in [-0.3, -0.25) is 9.59 Å². The van der Waals surface area contributed by atoms with Crippen LogP contribution >= 0.6 is 0 Å². The Kier molecular flexibility index (Phi) is 4.97. The molecule has 1 aliphatic rings. The van der Waals surface area contributed by atoms with Crippen LogP contribution in [0.2, 0.25) is 0 Å². The second kappa shape index (κ2) is 7.59. The number of carbonyl (C=O) groups is 1. The van der Waals surface area contributed by atoms with Crippen LogP contribution in [-0.4, -0.2) is 17.6 Å².